The van der Waals surface area contributed by atoms with Gasteiger partial charge in [-0.15, -0.1) is 0 Å². The number of hydrogen-bond donors (Lipinski definition) is 0. The molecule has 0 aromatic carbocycles. The lowest BCUT2D eigenvalue weighted by molar-refractivity contribution is 0.401. The third kappa shape index (κ3) is 4.33. The van der Waals surface area contributed by atoms with Gasteiger partial charge in [-0.3, -0.25) is 4.99 Å². The van der Waals surface area contributed by atoms with Crippen molar-refractivity contribution < 1.29 is 4.74 Å². The zero-order chi connectivity index (χ0) is 12.7. The predicted octanol–water partition coefficient (Wildman–Crippen LogP) is 3.61. The van der Waals surface area contributed by atoms with Crippen molar-refractivity contribution in [2.24, 2.45) is 15.9 Å². The van der Waals surface area contributed by atoms with Crippen molar-refractivity contribution in [3.05, 3.63) is 11.6 Å². The van der Waals surface area contributed by atoms with E-state index in [1.165, 1.54) is 37.7 Å². The van der Waals surface area contributed by atoms with Crippen LogP contribution in [0.25, 0.3) is 0 Å². The Morgan fingerprint density at radius 3 is 2.82 bits per heavy atom. The minimum atomic E-state index is 0.659. The summed E-state index contributed by atoms with van der Waals surface area (Å²) in [7, 11) is 3.41. The Balaban J connectivity index is 2.83. The second-order valence-corrected chi connectivity index (χ2v) is 4.49. The van der Waals surface area contributed by atoms with Crippen molar-refractivity contribution in [2.45, 2.75) is 46.0 Å². The first kappa shape index (κ1) is 13.9. The highest BCUT2D eigenvalue weighted by Gasteiger charge is 2.17. The minimum Gasteiger partial charge on any atom is -0.484 e. The van der Waals surface area contributed by atoms with Crippen molar-refractivity contribution in [1.82, 2.24) is 0 Å². The number of aliphatic imine (C=N–C) groups is 2. The summed E-state index contributed by atoms with van der Waals surface area (Å²) in [5.41, 5.74) is 1.51. The molecule has 1 saturated carbocycles. The summed E-state index contributed by atoms with van der Waals surface area (Å²) in [6.45, 7) is 4.11. The molecule has 1 aliphatic rings. The lowest BCUT2D eigenvalue weighted by Crippen LogP contribution is -2.11. The third-order valence-corrected chi connectivity index (χ3v) is 3.40. The van der Waals surface area contributed by atoms with E-state index >= 15 is 0 Å². The van der Waals surface area contributed by atoms with Crippen LogP contribution in [-0.2, 0) is 4.74 Å². The number of ether oxygens (including phenoxy) is 1. The average molecular weight is 236 g/mol. The van der Waals surface area contributed by atoms with Crippen LogP contribution in [0, 0.1) is 5.92 Å². The molecule has 3 nitrogen and oxygen atoms in total. The fraction of sp³-hybridized carbons (Fsp3) is 0.714. The van der Waals surface area contributed by atoms with Crippen LogP contribution in [0.3, 0.4) is 0 Å². The van der Waals surface area contributed by atoms with Gasteiger partial charge in [0.05, 0.1) is 7.11 Å². The molecule has 17 heavy (non-hydrogen) atoms. The predicted molar refractivity (Wildman–Crippen MR) is 73.8 cm³/mol. The maximum Gasteiger partial charge on any atom is 0.186 e. The largest absolute Gasteiger partial charge is 0.484 e. The quantitative estimate of drug-likeness (QED) is 0.532. The first-order valence-electron chi connectivity index (χ1n) is 6.47. The van der Waals surface area contributed by atoms with Crippen LogP contribution in [0.5, 0.6) is 0 Å². The van der Waals surface area contributed by atoms with E-state index in [-0.39, 0.29) is 0 Å². The fourth-order valence-electron chi connectivity index (χ4n) is 2.29. The average Bonchev–Trinajstić information content (AvgIpc) is 2.38. The topological polar surface area (TPSA) is 34.0 Å². The first-order chi connectivity index (χ1) is 8.21. The number of allylic oxidation sites excluding steroid dienone is 1. The Bertz CT molecular complexity index is 329. The SMILES string of the molecule is CCC1CCCC/C1=C/C(=NC)N=C(C)OC. The molecule has 0 N–H and O–H groups in total. The van der Waals surface area contributed by atoms with E-state index in [4.69, 9.17) is 4.74 Å². The molecule has 1 atom stereocenters. The summed E-state index contributed by atoms with van der Waals surface area (Å²) in [5, 5.41) is 0. The van der Waals surface area contributed by atoms with Gasteiger partial charge < -0.3 is 4.74 Å². The number of nitrogens with zero attached hydrogens (tertiary/aromatic N) is 2. The molecule has 0 spiro atoms. The molecule has 0 bridgehead atoms. The third-order valence-electron chi connectivity index (χ3n) is 3.40. The maximum atomic E-state index is 5.06. The smallest absolute Gasteiger partial charge is 0.186 e. The van der Waals surface area contributed by atoms with Gasteiger partial charge in [0.1, 0.15) is 0 Å². The van der Waals surface area contributed by atoms with Gasteiger partial charge in [-0.25, -0.2) is 0 Å². The van der Waals surface area contributed by atoms with E-state index in [1.807, 2.05) is 6.92 Å². The maximum absolute atomic E-state index is 5.06. The Kier molecular flexibility index (Phi) is 5.95. The van der Waals surface area contributed by atoms with Gasteiger partial charge in [0, 0.05) is 14.0 Å². The number of hydrogen-bond acceptors (Lipinski definition) is 2. The molecular formula is C14H24N2O. The molecule has 1 aliphatic carbocycles. The molecule has 0 aromatic heterocycles. The van der Waals surface area contributed by atoms with Crippen molar-refractivity contribution in [1.29, 1.82) is 0 Å². The van der Waals surface area contributed by atoms with Crippen LogP contribution in [-0.4, -0.2) is 25.9 Å². The van der Waals surface area contributed by atoms with Gasteiger partial charge in [-0.05, 0) is 37.7 Å². The molecule has 3 heteroatoms. The van der Waals surface area contributed by atoms with Crippen molar-refractivity contribution >= 4 is 11.7 Å². The van der Waals surface area contributed by atoms with Crippen LogP contribution < -0.4 is 0 Å². The van der Waals surface area contributed by atoms with E-state index in [2.05, 4.69) is 23.0 Å². The van der Waals surface area contributed by atoms with Gasteiger partial charge in [0.15, 0.2) is 11.7 Å². The van der Waals surface area contributed by atoms with Crippen LogP contribution in [0.1, 0.15) is 46.0 Å². The van der Waals surface area contributed by atoms with Crippen LogP contribution in [0.4, 0.5) is 0 Å². The second-order valence-electron chi connectivity index (χ2n) is 4.49. The van der Waals surface area contributed by atoms with Crippen LogP contribution in [0.2, 0.25) is 0 Å². The summed E-state index contributed by atoms with van der Waals surface area (Å²) >= 11 is 0. The number of rotatable bonds is 2. The summed E-state index contributed by atoms with van der Waals surface area (Å²) in [5.74, 6) is 2.16. The van der Waals surface area contributed by atoms with Gasteiger partial charge in [-0.2, -0.15) is 4.99 Å². The molecule has 0 amide bonds. The minimum absolute atomic E-state index is 0.659. The highest BCUT2D eigenvalue weighted by Crippen LogP contribution is 2.31. The lowest BCUT2D eigenvalue weighted by Gasteiger charge is -2.24. The van der Waals surface area contributed by atoms with E-state index in [1.54, 1.807) is 14.2 Å². The lowest BCUT2D eigenvalue weighted by atomic mass is 9.82. The highest BCUT2D eigenvalue weighted by atomic mass is 16.5. The summed E-state index contributed by atoms with van der Waals surface area (Å²) in [4.78, 5) is 8.56. The standard InChI is InChI=1S/C14H24N2O/c1-5-12-8-6-7-9-13(12)10-14(15-3)16-11(2)17-4/h10,12H,5-9H2,1-4H3/b13-10-,15-14?,16-11?. The Hall–Kier alpha value is -1.12. The highest BCUT2D eigenvalue weighted by molar-refractivity contribution is 6.01. The monoisotopic (exact) mass is 236 g/mol. The van der Waals surface area contributed by atoms with Gasteiger partial charge >= 0.3 is 0 Å². The fourth-order valence-corrected chi connectivity index (χ4v) is 2.29. The summed E-state index contributed by atoms with van der Waals surface area (Å²) < 4.78 is 5.06. The van der Waals surface area contributed by atoms with Crippen molar-refractivity contribution in [2.75, 3.05) is 14.2 Å². The molecule has 0 aliphatic heterocycles. The molecule has 0 radical (unpaired) electrons. The number of methoxy groups -OCH3 is 1. The van der Waals surface area contributed by atoms with Crippen molar-refractivity contribution in [3.63, 3.8) is 0 Å². The first-order valence-corrected chi connectivity index (χ1v) is 6.47. The van der Waals surface area contributed by atoms with Crippen LogP contribution in [0.15, 0.2) is 21.6 Å². The van der Waals surface area contributed by atoms with E-state index < -0.39 is 0 Å². The van der Waals surface area contributed by atoms with E-state index in [0.29, 0.717) is 5.90 Å². The normalized spacial score (nSPS) is 25.2. The molecule has 0 heterocycles. The van der Waals surface area contributed by atoms with Crippen LogP contribution >= 0.6 is 0 Å². The summed E-state index contributed by atoms with van der Waals surface area (Å²) in [6, 6.07) is 0. The molecule has 96 valence electrons. The molecule has 0 aromatic rings. The molecular weight excluding hydrogens is 212 g/mol. The van der Waals surface area contributed by atoms with Gasteiger partial charge in [0.2, 0.25) is 0 Å². The zero-order valence-corrected chi connectivity index (χ0v) is 11.5. The summed E-state index contributed by atoms with van der Waals surface area (Å²) in [6.07, 6.45) is 8.53. The Morgan fingerprint density at radius 2 is 2.24 bits per heavy atom. The molecule has 1 unspecified atom stereocenters. The Morgan fingerprint density at radius 1 is 1.47 bits per heavy atom. The molecule has 1 rings (SSSR count). The zero-order valence-electron chi connectivity index (χ0n) is 11.5. The van der Waals surface area contributed by atoms with E-state index in [0.717, 1.165) is 11.8 Å². The van der Waals surface area contributed by atoms with Crippen molar-refractivity contribution in [3.8, 4) is 0 Å². The number of amidine groups is 1. The van der Waals surface area contributed by atoms with Gasteiger partial charge in [0.25, 0.3) is 0 Å². The van der Waals surface area contributed by atoms with Gasteiger partial charge in [-0.1, -0.05) is 18.9 Å². The second kappa shape index (κ2) is 7.25. The molecule has 0 saturated heterocycles. The Labute approximate surface area is 105 Å². The van der Waals surface area contributed by atoms with E-state index in [9.17, 15) is 0 Å². The molecule has 1 fully saturated rings.